The minimum Gasteiger partial charge on any atom is -0.382 e. The van der Waals surface area contributed by atoms with E-state index in [0.717, 1.165) is 4.90 Å². The Morgan fingerprint density at radius 1 is 1.32 bits per heavy atom. The lowest BCUT2D eigenvalue weighted by Gasteiger charge is -2.27. The van der Waals surface area contributed by atoms with Crippen LogP contribution in [-0.4, -0.2) is 58.0 Å². The number of allylic oxidation sites excluding steroid dienone is 1. The minimum absolute atomic E-state index is 0.0127. The van der Waals surface area contributed by atoms with Crippen molar-refractivity contribution in [3.63, 3.8) is 0 Å². The van der Waals surface area contributed by atoms with Crippen molar-refractivity contribution >= 4 is 11.7 Å². The molecule has 2 aromatic heterocycles. The zero-order valence-corrected chi connectivity index (χ0v) is 18.4. The third-order valence-electron chi connectivity index (χ3n) is 6.53. The maximum absolute atomic E-state index is 13.1. The number of imidazole rings is 1. The first-order chi connectivity index (χ1) is 16.1. The van der Waals surface area contributed by atoms with Gasteiger partial charge in [0.15, 0.2) is 5.65 Å². The van der Waals surface area contributed by atoms with Gasteiger partial charge in [0, 0.05) is 12.7 Å². The molecule has 0 spiro atoms. The Balaban J connectivity index is 1.55. The number of nitrogens with one attached hydrogen (secondary N) is 1. The number of amides is 2. The number of aromatic nitrogens is 3. The van der Waals surface area contributed by atoms with Gasteiger partial charge >= 0.3 is 12.2 Å². The van der Waals surface area contributed by atoms with Gasteiger partial charge in [-0.05, 0) is 43.2 Å². The lowest BCUT2D eigenvalue weighted by Crippen LogP contribution is -2.40. The van der Waals surface area contributed by atoms with Gasteiger partial charge < -0.3 is 20.7 Å². The highest BCUT2D eigenvalue weighted by molar-refractivity contribution is 5.77. The molecule has 1 aliphatic heterocycles. The van der Waals surface area contributed by atoms with Crippen LogP contribution in [0.3, 0.4) is 0 Å². The highest BCUT2D eigenvalue weighted by atomic mass is 19.4. The summed E-state index contributed by atoms with van der Waals surface area (Å²) >= 11 is 0. The average Bonchev–Trinajstić information content (AvgIpc) is 3.40. The molecule has 3 atom stereocenters. The zero-order chi connectivity index (χ0) is 24.6. The number of nitrogens with two attached hydrogens (primary N) is 1. The second-order valence-corrected chi connectivity index (χ2v) is 8.65. The molecular formula is C21H25F5N6O2. The zero-order valence-electron chi connectivity index (χ0n) is 18.4. The van der Waals surface area contributed by atoms with Crippen LogP contribution < -0.4 is 11.1 Å². The van der Waals surface area contributed by atoms with Crippen molar-refractivity contribution in [2.45, 2.75) is 50.0 Å². The van der Waals surface area contributed by atoms with Crippen LogP contribution in [0, 0.1) is 5.92 Å². The molecule has 34 heavy (non-hydrogen) atoms. The van der Waals surface area contributed by atoms with E-state index in [1.165, 1.54) is 17.8 Å². The number of fused-ring (bicyclic) bond motifs is 1. The van der Waals surface area contributed by atoms with Crippen molar-refractivity contribution in [1.29, 1.82) is 0 Å². The molecule has 2 fully saturated rings. The number of hydrogen-bond acceptors (Lipinski definition) is 5. The molecule has 1 aliphatic carbocycles. The summed E-state index contributed by atoms with van der Waals surface area (Å²) in [5.41, 5.74) is 7.96. The smallest absolute Gasteiger partial charge is 0.382 e. The van der Waals surface area contributed by atoms with Crippen molar-refractivity contribution in [3.05, 3.63) is 41.4 Å². The number of alkyl halides is 3. The molecule has 3 N–H and O–H groups in total. The second-order valence-electron chi connectivity index (χ2n) is 8.65. The topological polar surface area (TPSA) is 97.8 Å². The summed E-state index contributed by atoms with van der Waals surface area (Å²) in [6, 6.07) is -2.46. The van der Waals surface area contributed by atoms with Crippen molar-refractivity contribution in [2.75, 3.05) is 20.3 Å². The van der Waals surface area contributed by atoms with E-state index >= 15 is 0 Å². The molecule has 0 bridgehead atoms. The van der Waals surface area contributed by atoms with E-state index in [2.05, 4.69) is 10.1 Å². The van der Waals surface area contributed by atoms with E-state index in [-0.39, 0.29) is 18.1 Å². The van der Waals surface area contributed by atoms with E-state index in [4.69, 9.17) is 10.5 Å². The quantitative estimate of drug-likeness (QED) is 0.605. The number of nitrogens with zero attached hydrogens (tertiary/aromatic N) is 4. The summed E-state index contributed by atoms with van der Waals surface area (Å²) in [4.78, 5) is 17.9. The molecule has 0 aromatic carbocycles. The summed E-state index contributed by atoms with van der Waals surface area (Å²) < 4.78 is 71.6. The van der Waals surface area contributed by atoms with Gasteiger partial charge in [-0.2, -0.15) is 27.1 Å². The fourth-order valence-corrected chi connectivity index (χ4v) is 4.57. The first-order valence-corrected chi connectivity index (χ1v) is 10.8. The summed E-state index contributed by atoms with van der Waals surface area (Å²) in [7, 11) is 1.39. The number of ether oxygens (including phenoxy) is 1. The van der Waals surface area contributed by atoms with E-state index in [1.54, 1.807) is 12.3 Å². The summed E-state index contributed by atoms with van der Waals surface area (Å²) in [6.07, 6.45) is -1.43. The van der Waals surface area contributed by atoms with Crippen LogP contribution in [0.2, 0.25) is 0 Å². The number of carbonyl (C=O) groups is 1. The van der Waals surface area contributed by atoms with Gasteiger partial charge in [0.25, 0.3) is 6.08 Å². The van der Waals surface area contributed by atoms with Crippen LogP contribution in [0.15, 0.2) is 30.1 Å². The fraction of sp³-hybridized carbons (Fsp3) is 0.571. The van der Waals surface area contributed by atoms with Gasteiger partial charge in [0.05, 0.1) is 43.3 Å². The predicted molar refractivity (Wildman–Crippen MR) is 111 cm³/mol. The van der Waals surface area contributed by atoms with Gasteiger partial charge in [-0.3, -0.25) is 0 Å². The van der Waals surface area contributed by atoms with Crippen LogP contribution in [0.25, 0.3) is 5.65 Å². The van der Waals surface area contributed by atoms with Crippen LogP contribution >= 0.6 is 0 Å². The third-order valence-corrected chi connectivity index (χ3v) is 6.53. The maximum atomic E-state index is 13.1. The van der Waals surface area contributed by atoms with Gasteiger partial charge in [-0.25, -0.2) is 14.3 Å². The molecule has 0 unspecified atom stereocenters. The Morgan fingerprint density at radius 2 is 2.03 bits per heavy atom. The predicted octanol–water partition coefficient (Wildman–Crippen LogP) is 3.71. The van der Waals surface area contributed by atoms with Gasteiger partial charge in [0.2, 0.25) is 0 Å². The number of carbonyl (C=O) groups excluding carboxylic acids is 1. The molecule has 2 aliphatic rings. The Kier molecular flexibility index (Phi) is 6.76. The molecule has 8 nitrogen and oxygen atoms in total. The normalized spacial score (nSPS) is 23.3. The standard InChI is InChI=1S/C21H25F5N6O2/c1-34-10-15(31-9-16(21(24,25)26)30-20(31)33)13-6-17-29-14(8-32(17)28-7-13)18(27)11-2-4-12(5-3-11)19(22)23/h6-8,11,15-16,18H,2-5,9-10,27H2,1H3,(H,30,33)/t15-,16+,18+/m1/s1. The molecule has 3 heterocycles. The highest BCUT2D eigenvalue weighted by Crippen LogP contribution is 2.37. The van der Waals surface area contributed by atoms with Crippen LogP contribution in [0.5, 0.6) is 0 Å². The van der Waals surface area contributed by atoms with Gasteiger partial charge in [0.1, 0.15) is 6.04 Å². The van der Waals surface area contributed by atoms with E-state index in [0.29, 0.717) is 42.6 Å². The van der Waals surface area contributed by atoms with E-state index in [1.807, 2.05) is 5.32 Å². The summed E-state index contributed by atoms with van der Waals surface area (Å²) in [6.45, 7) is -0.588. The summed E-state index contributed by atoms with van der Waals surface area (Å²) in [5, 5.41) is 6.24. The number of rotatable bonds is 6. The number of halogens is 5. The lowest BCUT2D eigenvalue weighted by atomic mass is 9.81. The first kappa shape index (κ1) is 24.3. The van der Waals surface area contributed by atoms with Crippen LogP contribution in [-0.2, 0) is 4.74 Å². The molecule has 2 amide bonds. The van der Waals surface area contributed by atoms with E-state index in [9.17, 15) is 26.7 Å². The average molecular weight is 488 g/mol. The molecule has 13 heteroatoms. The lowest BCUT2D eigenvalue weighted by molar-refractivity contribution is -0.150. The molecule has 1 saturated carbocycles. The molecule has 0 radical (unpaired) electrons. The largest absolute Gasteiger partial charge is 0.410 e. The second kappa shape index (κ2) is 9.45. The Labute approximate surface area is 191 Å². The monoisotopic (exact) mass is 488 g/mol. The molecule has 2 aromatic rings. The van der Waals surface area contributed by atoms with Crippen molar-refractivity contribution < 1.29 is 31.5 Å². The third kappa shape index (κ3) is 4.85. The molecule has 1 saturated heterocycles. The van der Waals surface area contributed by atoms with Crippen molar-refractivity contribution in [2.24, 2.45) is 11.7 Å². The van der Waals surface area contributed by atoms with Crippen molar-refractivity contribution in [1.82, 2.24) is 24.8 Å². The maximum Gasteiger partial charge on any atom is 0.410 e. The van der Waals surface area contributed by atoms with Crippen LogP contribution in [0.4, 0.5) is 26.7 Å². The van der Waals surface area contributed by atoms with Crippen molar-refractivity contribution in [3.8, 4) is 0 Å². The molecular weight excluding hydrogens is 463 g/mol. The molecule has 186 valence electrons. The van der Waals surface area contributed by atoms with Gasteiger partial charge in [-0.1, -0.05) is 0 Å². The highest BCUT2D eigenvalue weighted by Gasteiger charge is 2.48. The summed E-state index contributed by atoms with van der Waals surface area (Å²) in [5.74, 6) is -0.0127. The number of urea groups is 1. The Hall–Kier alpha value is -2.80. The molecule has 4 rings (SSSR count). The minimum atomic E-state index is -4.57. The van der Waals surface area contributed by atoms with Gasteiger partial charge in [-0.15, -0.1) is 0 Å². The number of hydrogen-bond donors (Lipinski definition) is 2. The Bertz CT molecular complexity index is 1070. The first-order valence-electron chi connectivity index (χ1n) is 10.8. The Morgan fingerprint density at radius 3 is 2.62 bits per heavy atom. The SMILES string of the molecule is COC[C@H](c1cnn2cc([C@@H](N)C3CCC(=C(F)F)CC3)nc2c1)N1C[C@@H](C(F)(F)F)NC1=O. The van der Waals surface area contributed by atoms with E-state index < -0.39 is 43.0 Å². The fourth-order valence-electron chi connectivity index (χ4n) is 4.57. The van der Waals surface area contributed by atoms with Crippen LogP contribution in [0.1, 0.15) is 49.0 Å². The number of methoxy groups -OCH3 is 1.